The molecule has 5 heteroatoms. The lowest BCUT2D eigenvalue weighted by molar-refractivity contribution is -0.159. The van der Waals surface area contributed by atoms with Crippen LogP contribution in [0.25, 0.3) is 10.9 Å². The van der Waals surface area contributed by atoms with Crippen LogP contribution in [0.5, 0.6) is 0 Å². The van der Waals surface area contributed by atoms with Gasteiger partial charge in [-0.1, -0.05) is 82.6 Å². The maximum absolute atomic E-state index is 13.4. The number of nitrogens with one attached hydrogen (secondary N) is 1. The fraction of sp³-hybridized carbons (Fsp3) is 0.433. The lowest BCUT2D eigenvalue weighted by atomic mass is 9.84. The molecule has 2 heterocycles. The van der Waals surface area contributed by atoms with Gasteiger partial charge in [0.15, 0.2) is 0 Å². The zero-order valence-corrected chi connectivity index (χ0v) is 22.1. The van der Waals surface area contributed by atoms with Gasteiger partial charge in [-0.2, -0.15) is 0 Å². The van der Waals surface area contributed by atoms with Gasteiger partial charge in [-0.3, -0.25) is 0 Å². The lowest BCUT2D eigenvalue weighted by Crippen LogP contribution is -2.40. The van der Waals surface area contributed by atoms with Gasteiger partial charge in [0.25, 0.3) is 0 Å². The number of aryl methyl sites for hydroxylation is 1. The van der Waals surface area contributed by atoms with Crippen LogP contribution in [0.15, 0.2) is 70.3 Å². The molecule has 0 bridgehead atoms. The smallest absolute Gasteiger partial charge is 0.349 e. The number of hydrogen-bond donors (Lipinski definition) is 2. The van der Waals surface area contributed by atoms with Crippen LogP contribution in [0.4, 0.5) is 0 Å². The number of carbonyl (C=O) groups excluding carboxylic acids is 1. The number of aliphatic hydroxyl groups excluding tert-OH is 1. The average Bonchev–Trinajstić information content (AvgIpc) is 3.28. The number of ether oxygens (including phenoxy) is 1. The van der Waals surface area contributed by atoms with Gasteiger partial charge in [-0.05, 0) is 60.4 Å². The Bertz CT molecular complexity index is 1210. The van der Waals surface area contributed by atoms with Crippen LogP contribution in [0.1, 0.15) is 77.3 Å². The number of carbonyl (C=O) groups is 1. The summed E-state index contributed by atoms with van der Waals surface area (Å²) in [6, 6.07) is 16.6. The van der Waals surface area contributed by atoms with E-state index in [0.29, 0.717) is 17.7 Å². The van der Waals surface area contributed by atoms with E-state index in [9.17, 15) is 9.90 Å². The molecule has 0 saturated carbocycles. The molecule has 1 aliphatic rings. The summed E-state index contributed by atoms with van der Waals surface area (Å²) in [6.07, 6.45) is 7.75. The minimum absolute atomic E-state index is 0.115. The highest BCUT2D eigenvalue weighted by atomic mass is 32.2. The van der Waals surface area contributed by atoms with Crippen molar-refractivity contribution in [1.29, 1.82) is 0 Å². The van der Waals surface area contributed by atoms with E-state index in [-0.39, 0.29) is 11.2 Å². The first-order chi connectivity index (χ1) is 16.7. The normalized spacial score (nSPS) is 18.8. The number of H-pyrrole nitrogens is 1. The molecule has 186 valence electrons. The second-order valence-electron chi connectivity index (χ2n) is 10.7. The van der Waals surface area contributed by atoms with Crippen molar-refractivity contribution >= 4 is 28.6 Å². The van der Waals surface area contributed by atoms with E-state index in [0.717, 1.165) is 53.5 Å². The summed E-state index contributed by atoms with van der Waals surface area (Å²) < 4.78 is 6.21. The number of aromatic amines is 1. The third-order valence-electron chi connectivity index (χ3n) is 6.87. The maximum atomic E-state index is 13.4. The molecular formula is C30H37NO3S. The van der Waals surface area contributed by atoms with E-state index >= 15 is 0 Å². The van der Waals surface area contributed by atoms with Crippen molar-refractivity contribution in [2.24, 2.45) is 0 Å². The summed E-state index contributed by atoms with van der Waals surface area (Å²) in [7, 11) is 0. The molecular weight excluding hydrogens is 454 g/mol. The Balaban J connectivity index is 1.62. The Morgan fingerprint density at radius 1 is 1.09 bits per heavy atom. The van der Waals surface area contributed by atoms with Crippen LogP contribution in [0, 0.1) is 0 Å². The van der Waals surface area contributed by atoms with Crippen LogP contribution in [-0.2, 0) is 21.4 Å². The minimum atomic E-state index is -0.659. The first-order valence-electron chi connectivity index (χ1n) is 12.7. The van der Waals surface area contributed by atoms with Gasteiger partial charge in [-0.25, -0.2) is 4.79 Å². The minimum Gasteiger partial charge on any atom is -0.511 e. The lowest BCUT2D eigenvalue weighted by Gasteiger charge is -2.37. The molecule has 0 radical (unpaired) electrons. The van der Waals surface area contributed by atoms with Crippen molar-refractivity contribution in [3.8, 4) is 0 Å². The molecule has 0 aliphatic carbocycles. The maximum Gasteiger partial charge on any atom is 0.349 e. The Kier molecular flexibility index (Phi) is 7.65. The molecule has 35 heavy (non-hydrogen) atoms. The number of unbranched alkanes of at least 4 members (excludes halogenated alkanes) is 2. The largest absolute Gasteiger partial charge is 0.511 e. The second-order valence-corrected chi connectivity index (χ2v) is 11.8. The van der Waals surface area contributed by atoms with E-state index in [1.54, 1.807) is 0 Å². The molecule has 2 N–H and O–H groups in total. The number of fused-ring (bicyclic) bond motifs is 1. The van der Waals surface area contributed by atoms with Crippen LogP contribution < -0.4 is 0 Å². The fourth-order valence-electron chi connectivity index (χ4n) is 4.86. The summed E-state index contributed by atoms with van der Waals surface area (Å²) >= 11 is 1.34. The van der Waals surface area contributed by atoms with Gasteiger partial charge in [0, 0.05) is 28.4 Å². The van der Waals surface area contributed by atoms with E-state index in [2.05, 4.69) is 56.9 Å². The molecule has 0 amide bonds. The quantitative estimate of drug-likeness (QED) is 0.234. The molecule has 0 saturated heterocycles. The highest BCUT2D eigenvalue weighted by molar-refractivity contribution is 8.04. The van der Waals surface area contributed by atoms with Crippen molar-refractivity contribution in [3.05, 3.63) is 76.5 Å². The molecule has 1 aromatic heterocycles. The van der Waals surface area contributed by atoms with Gasteiger partial charge in [0.05, 0.1) is 0 Å². The fourth-order valence-corrected chi connectivity index (χ4v) is 6.06. The number of thioether (sulfide) groups is 1. The average molecular weight is 492 g/mol. The SMILES string of the molecule is CCCCC[C@]1(CCc2ccccc2)CC(O)=C(Sc2cc3cc[nH]c3cc2C(C)(C)C)C(=O)O1. The van der Waals surface area contributed by atoms with Crippen molar-refractivity contribution < 1.29 is 14.6 Å². The van der Waals surface area contributed by atoms with Gasteiger partial charge < -0.3 is 14.8 Å². The first-order valence-corrected chi connectivity index (χ1v) is 13.5. The summed E-state index contributed by atoms with van der Waals surface area (Å²) in [5, 5.41) is 12.3. The predicted molar refractivity (Wildman–Crippen MR) is 145 cm³/mol. The summed E-state index contributed by atoms with van der Waals surface area (Å²) in [5.41, 5.74) is 2.65. The standard InChI is InChI=1S/C30H37NO3S/c1-5-6-10-15-30(16-13-21-11-8-7-9-12-21)20-25(32)27(28(33)34-30)35-26-18-22-14-17-31-24(22)19-23(26)29(2,3)4/h7-9,11-12,14,17-19,31-32H,5-6,10,13,15-16,20H2,1-4H3/t30-/m0/s1. The molecule has 1 atom stereocenters. The van der Waals surface area contributed by atoms with Crippen molar-refractivity contribution in [2.75, 3.05) is 0 Å². The first kappa shape index (κ1) is 25.4. The number of cyclic esters (lactones) is 1. The molecule has 0 unspecified atom stereocenters. The second kappa shape index (κ2) is 10.5. The molecule has 4 rings (SSSR count). The highest BCUT2D eigenvalue weighted by Crippen LogP contribution is 2.45. The Labute approximate surface area is 213 Å². The van der Waals surface area contributed by atoms with Crippen LogP contribution in [-0.4, -0.2) is 21.7 Å². The molecule has 3 aromatic rings. The number of aliphatic hydroxyl groups is 1. The van der Waals surface area contributed by atoms with E-state index in [1.165, 1.54) is 17.3 Å². The van der Waals surface area contributed by atoms with E-state index in [1.807, 2.05) is 30.5 Å². The number of esters is 1. The van der Waals surface area contributed by atoms with E-state index < -0.39 is 11.6 Å². The van der Waals surface area contributed by atoms with Crippen molar-refractivity contribution in [1.82, 2.24) is 4.98 Å². The Morgan fingerprint density at radius 3 is 2.54 bits per heavy atom. The number of hydrogen-bond acceptors (Lipinski definition) is 4. The number of benzene rings is 2. The monoisotopic (exact) mass is 491 g/mol. The topological polar surface area (TPSA) is 62.3 Å². The van der Waals surface area contributed by atoms with Crippen molar-refractivity contribution in [3.63, 3.8) is 0 Å². The number of aromatic nitrogens is 1. The van der Waals surface area contributed by atoms with Crippen LogP contribution in [0.2, 0.25) is 0 Å². The van der Waals surface area contributed by atoms with Crippen LogP contribution in [0.3, 0.4) is 0 Å². The third kappa shape index (κ3) is 5.95. The third-order valence-corrected chi connectivity index (χ3v) is 8.03. The molecule has 0 fully saturated rings. The number of rotatable bonds is 9. The zero-order valence-electron chi connectivity index (χ0n) is 21.3. The molecule has 1 aliphatic heterocycles. The van der Waals surface area contributed by atoms with Crippen molar-refractivity contribution in [2.45, 2.75) is 88.6 Å². The van der Waals surface area contributed by atoms with Crippen LogP contribution >= 0.6 is 11.8 Å². The molecule has 4 nitrogen and oxygen atoms in total. The highest BCUT2D eigenvalue weighted by Gasteiger charge is 2.42. The Hall–Kier alpha value is -2.66. The summed E-state index contributed by atoms with van der Waals surface area (Å²) in [6.45, 7) is 8.66. The van der Waals surface area contributed by atoms with Gasteiger partial charge in [0.2, 0.25) is 0 Å². The summed E-state index contributed by atoms with van der Waals surface area (Å²) in [4.78, 5) is 18.0. The Morgan fingerprint density at radius 2 is 1.86 bits per heavy atom. The predicted octanol–water partition coefficient (Wildman–Crippen LogP) is 8.23. The zero-order chi connectivity index (χ0) is 25.1. The van der Waals surface area contributed by atoms with Gasteiger partial charge in [0.1, 0.15) is 16.3 Å². The van der Waals surface area contributed by atoms with Gasteiger partial charge >= 0.3 is 5.97 Å². The van der Waals surface area contributed by atoms with E-state index in [4.69, 9.17) is 4.74 Å². The molecule has 2 aromatic carbocycles. The summed E-state index contributed by atoms with van der Waals surface area (Å²) in [5.74, 6) is -0.248. The van der Waals surface area contributed by atoms with Gasteiger partial charge in [-0.15, -0.1) is 0 Å². The molecule has 0 spiro atoms.